The monoisotopic (exact) mass is 223 g/mol. The highest BCUT2D eigenvalue weighted by molar-refractivity contribution is 7.07. The Bertz CT molecular complexity index is 254. The number of nitrogens with one attached hydrogen (secondary N) is 1. The van der Waals surface area contributed by atoms with Crippen LogP contribution in [-0.2, 0) is 0 Å². The lowest BCUT2D eigenvalue weighted by Crippen LogP contribution is -2.21. The first-order valence-corrected chi connectivity index (χ1v) is 6.69. The molecule has 1 rings (SSSR count). The number of unbranched alkanes of at least 4 members (excludes halogenated alkanes) is 1. The van der Waals surface area contributed by atoms with Gasteiger partial charge in [0.05, 0.1) is 0 Å². The molecule has 1 unspecified atom stereocenters. The highest BCUT2D eigenvalue weighted by atomic mass is 32.1. The highest BCUT2D eigenvalue weighted by Gasteiger charge is 2.09. The predicted molar refractivity (Wildman–Crippen MR) is 69.4 cm³/mol. The Labute approximate surface area is 97.2 Å². The van der Waals surface area contributed by atoms with Crippen LogP contribution in [0, 0.1) is 0 Å². The van der Waals surface area contributed by atoms with Crippen LogP contribution < -0.4 is 5.32 Å². The van der Waals surface area contributed by atoms with E-state index in [0.29, 0.717) is 6.04 Å². The molecule has 0 spiro atoms. The Kier molecular flexibility index (Phi) is 6.37. The van der Waals surface area contributed by atoms with Gasteiger partial charge in [-0.3, -0.25) is 0 Å². The van der Waals surface area contributed by atoms with E-state index in [2.05, 4.69) is 35.6 Å². The van der Waals surface area contributed by atoms with Gasteiger partial charge in [0.25, 0.3) is 0 Å². The second-order valence-electron chi connectivity index (χ2n) is 3.78. The molecule has 1 aromatic rings. The van der Waals surface area contributed by atoms with Gasteiger partial charge in [-0.1, -0.05) is 13.0 Å². The van der Waals surface area contributed by atoms with Crippen molar-refractivity contribution in [2.45, 2.75) is 38.6 Å². The largest absolute Gasteiger partial charge is 0.310 e. The summed E-state index contributed by atoms with van der Waals surface area (Å²) in [7, 11) is 0. The highest BCUT2D eigenvalue weighted by Crippen LogP contribution is 2.21. The molecule has 2 heteroatoms. The van der Waals surface area contributed by atoms with E-state index in [0.717, 1.165) is 13.0 Å². The molecule has 0 saturated carbocycles. The fraction of sp³-hybridized carbons (Fsp3) is 0.538. The van der Waals surface area contributed by atoms with Gasteiger partial charge >= 0.3 is 0 Å². The van der Waals surface area contributed by atoms with E-state index in [1.165, 1.54) is 24.8 Å². The van der Waals surface area contributed by atoms with Gasteiger partial charge in [0, 0.05) is 6.04 Å². The Morgan fingerprint density at radius 2 is 2.47 bits per heavy atom. The summed E-state index contributed by atoms with van der Waals surface area (Å²) in [5.74, 6) is 0. The fourth-order valence-corrected chi connectivity index (χ4v) is 2.36. The van der Waals surface area contributed by atoms with E-state index in [-0.39, 0.29) is 0 Å². The zero-order valence-electron chi connectivity index (χ0n) is 9.54. The van der Waals surface area contributed by atoms with Gasteiger partial charge in [0.15, 0.2) is 0 Å². The molecule has 0 bridgehead atoms. The van der Waals surface area contributed by atoms with E-state index in [1.807, 2.05) is 6.08 Å². The van der Waals surface area contributed by atoms with Gasteiger partial charge in [0.1, 0.15) is 0 Å². The molecule has 1 nitrogen and oxygen atoms in total. The summed E-state index contributed by atoms with van der Waals surface area (Å²) in [5.41, 5.74) is 1.44. The SMILES string of the molecule is C=CCCCC(NCCC)c1ccsc1. The molecule has 0 saturated heterocycles. The van der Waals surface area contributed by atoms with Crippen molar-refractivity contribution in [2.75, 3.05) is 6.54 Å². The van der Waals surface area contributed by atoms with Crippen molar-refractivity contribution in [1.29, 1.82) is 0 Å². The third-order valence-corrected chi connectivity index (χ3v) is 3.19. The first-order chi connectivity index (χ1) is 7.38. The van der Waals surface area contributed by atoms with Crippen molar-refractivity contribution in [3.8, 4) is 0 Å². The van der Waals surface area contributed by atoms with Crippen LogP contribution in [0.15, 0.2) is 29.5 Å². The molecule has 0 radical (unpaired) electrons. The maximum absolute atomic E-state index is 3.76. The number of hydrogen-bond acceptors (Lipinski definition) is 2. The lowest BCUT2D eigenvalue weighted by atomic mass is 10.0. The first-order valence-electron chi connectivity index (χ1n) is 5.74. The summed E-state index contributed by atoms with van der Waals surface area (Å²) in [6.45, 7) is 7.08. The van der Waals surface area contributed by atoms with E-state index < -0.39 is 0 Å². The molecule has 0 amide bonds. The lowest BCUT2D eigenvalue weighted by molar-refractivity contribution is 0.487. The molecule has 1 aromatic heterocycles. The third kappa shape index (κ3) is 4.63. The minimum atomic E-state index is 0.538. The molecule has 0 aliphatic rings. The smallest absolute Gasteiger partial charge is 0.0328 e. The Morgan fingerprint density at radius 1 is 1.60 bits per heavy atom. The molecule has 0 aliphatic heterocycles. The maximum Gasteiger partial charge on any atom is 0.0328 e. The number of hydrogen-bond donors (Lipinski definition) is 1. The van der Waals surface area contributed by atoms with Gasteiger partial charge in [0.2, 0.25) is 0 Å². The quantitative estimate of drug-likeness (QED) is 0.516. The lowest BCUT2D eigenvalue weighted by Gasteiger charge is -2.17. The zero-order valence-corrected chi connectivity index (χ0v) is 10.4. The Hall–Kier alpha value is -0.600. The molecule has 15 heavy (non-hydrogen) atoms. The molecule has 0 aliphatic carbocycles. The topological polar surface area (TPSA) is 12.0 Å². The van der Waals surface area contributed by atoms with Crippen molar-refractivity contribution in [2.24, 2.45) is 0 Å². The second-order valence-corrected chi connectivity index (χ2v) is 4.56. The minimum absolute atomic E-state index is 0.538. The summed E-state index contributed by atoms with van der Waals surface area (Å²) in [4.78, 5) is 0. The Morgan fingerprint density at radius 3 is 3.07 bits per heavy atom. The first kappa shape index (κ1) is 12.5. The molecule has 0 aromatic carbocycles. The molecule has 1 N–H and O–H groups in total. The number of rotatable bonds is 8. The summed E-state index contributed by atoms with van der Waals surface area (Å²) < 4.78 is 0. The van der Waals surface area contributed by atoms with Gasteiger partial charge in [-0.05, 0) is 54.6 Å². The van der Waals surface area contributed by atoms with Gasteiger partial charge in [-0.25, -0.2) is 0 Å². The summed E-state index contributed by atoms with van der Waals surface area (Å²) >= 11 is 1.78. The van der Waals surface area contributed by atoms with E-state index in [9.17, 15) is 0 Å². The average Bonchev–Trinajstić information content (AvgIpc) is 2.76. The standard InChI is InChI=1S/C13H21NS/c1-3-5-6-7-13(14-9-4-2)12-8-10-15-11-12/h3,8,10-11,13-14H,1,4-7,9H2,2H3. The van der Waals surface area contributed by atoms with Crippen LogP contribution in [0.1, 0.15) is 44.2 Å². The van der Waals surface area contributed by atoms with E-state index in [4.69, 9.17) is 0 Å². The third-order valence-electron chi connectivity index (χ3n) is 2.49. The summed E-state index contributed by atoms with van der Waals surface area (Å²) in [6.07, 6.45) is 6.75. The van der Waals surface area contributed by atoms with Crippen LogP contribution in [0.4, 0.5) is 0 Å². The van der Waals surface area contributed by atoms with Gasteiger partial charge < -0.3 is 5.32 Å². The van der Waals surface area contributed by atoms with E-state index in [1.54, 1.807) is 11.3 Å². The summed E-state index contributed by atoms with van der Waals surface area (Å²) in [5, 5.41) is 8.01. The van der Waals surface area contributed by atoms with Crippen molar-refractivity contribution in [1.82, 2.24) is 5.32 Å². The number of allylic oxidation sites excluding steroid dienone is 1. The molecule has 1 atom stereocenters. The van der Waals surface area contributed by atoms with Crippen LogP contribution in [0.25, 0.3) is 0 Å². The summed E-state index contributed by atoms with van der Waals surface area (Å²) in [6, 6.07) is 2.77. The molecule has 84 valence electrons. The second kappa shape index (κ2) is 7.66. The minimum Gasteiger partial charge on any atom is -0.310 e. The maximum atomic E-state index is 3.76. The number of thiophene rings is 1. The molecule has 0 fully saturated rings. The van der Waals surface area contributed by atoms with Crippen molar-refractivity contribution >= 4 is 11.3 Å². The van der Waals surface area contributed by atoms with Crippen LogP contribution in [0.2, 0.25) is 0 Å². The van der Waals surface area contributed by atoms with Crippen molar-refractivity contribution < 1.29 is 0 Å². The van der Waals surface area contributed by atoms with Crippen molar-refractivity contribution in [3.63, 3.8) is 0 Å². The molecule has 1 heterocycles. The molecular weight excluding hydrogens is 202 g/mol. The molecular formula is C13H21NS. The van der Waals surface area contributed by atoms with Crippen molar-refractivity contribution in [3.05, 3.63) is 35.0 Å². The predicted octanol–water partition coefficient (Wildman–Crippen LogP) is 4.15. The fourth-order valence-electron chi connectivity index (χ4n) is 1.64. The Balaban J connectivity index is 2.42. The van der Waals surface area contributed by atoms with Crippen LogP contribution >= 0.6 is 11.3 Å². The van der Waals surface area contributed by atoms with Gasteiger partial charge in [-0.15, -0.1) is 6.58 Å². The van der Waals surface area contributed by atoms with Crippen LogP contribution in [-0.4, -0.2) is 6.54 Å². The van der Waals surface area contributed by atoms with Crippen LogP contribution in [0.5, 0.6) is 0 Å². The van der Waals surface area contributed by atoms with E-state index >= 15 is 0 Å². The van der Waals surface area contributed by atoms with Gasteiger partial charge in [-0.2, -0.15) is 11.3 Å². The normalized spacial score (nSPS) is 12.6. The van der Waals surface area contributed by atoms with Crippen LogP contribution in [0.3, 0.4) is 0 Å². The average molecular weight is 223 g/mol. The zero-order chi connectivity index (χ0) is 10.9.